The Kier molecular flexibility index (Phi) is 9.68. The number of hydrogen-bond acceptors (Lipinski definition) is 4. The minimum Gasteiger partial charge on any atom is -0.357 e. The Morgan fingerprint density at radius 1 is 1.44 bits per heavy atom. The van der Waals surface area contributed by atoms with E-state index < -0.39 is 10.0 Å². The van der Waals surface area contributed by atoms with E-state index in [4.69, 9.17) is 4.99 Å². The number of nitrogens with one attached hydrogen (secondary N) is 1. The second-order valence-electron chi connectivity index (χ2n) is 6.29. The lowest BCUT2D eigenvalue weighted by Gasteiger charge is -2.30. The summed E-state index contributed by atoms with van der Waals surface area (Å²) in [4.78, 5) is 6.91. The van der Waals surface area contributed by atoms with Crippen molar-refractivity contribution in [1.82, 2.24) is 14.5 Å². The molecule has 0 aliphatic carbocycles. The number of piperidine rings is 1. The molecule has 0 aromatic carbocycles. The van der Waals surface area contributed by atoms with Crippen molar-refractivity contribution in [2.45, 2.75) is 26.3 Å². The van der Waals surface area contributed by atoms with Crippen LogP contribution in [0.4, 0.5) is 0 Å². The molecular formula is C16H29IN4O2S2. The number of rotatable bonds is 6. The molecule has 1 N–H and O–H groups in total. The molecule has 6 nitrogen and oxygen atoms in total. The Morgan fingerprint density at radius 2 is 2.12 bits per heavy atom. The fraction of sp³-hybridized carbons (Fsp3) is 0.688. The van der Waals surface area contributed by atoms with Crippen LogP contribution in [0, 0.1) is 5.92 Å². The maximum atomic E-state index is 11.6. The van der Waals surface area contributed by atoms with Crippen LogP contribution in [-0.2, 0) is 16.6 Å². The van der Waals surface area contributed by atoms with Gasteiger partial charge < -0.3 is 10.2 Å². The van der Waals surface area contributed by atoms with Gasteiger partial charge in [-0.2, -0.15) is 11.3 Å². The number of sulfonamides is 1. The first kappa shape index (κ1) is 22.7. The third kappa shape index (κ3) is 7.40. The van der Waals surface area contributed by atoms with Crippen molar-refractivity contribution in [2.75, 3.05) is 39.5 Å². The van der Waals surface area contributed by atoms with E-state index >= 15 is 0 Å². The van der Waals surface area contributed by atoms with Crippen LogP contribution in [0.2, 0.25) is 0 Å². The lowest BCUT2D eigenvalue weighted by molar-refractivity contribution is 0.279. The quantitative estimate of drug-likeness (QED) is 0.370. The summed E-state index contributed by atoms with van der Waals surface area (Å²) in [7, 11) is -1.01. The predicted octanol–water partition coefficient (Wildman–Crippen LogP) is 2.44. The van der Waals surface area contributed by atoms with Crippen LogP contribution in [0.5, 0.6) is 0 Å². The highest BCUT2D eigenvalue weighted by atomic mass is 127. The van der Waals surface area contributed by atoms with E-state index in [-0.39, 0.29) is 24.0 Å². The maximum absolute atomic E-state index is 11.6. The van der Waals surface area contributed by atoms with Crippen LogP contribution < -0.4 is 5.32 Å². The topological polar surface area (TPSA) is 65.0 Å². The molecule has 0 bridgehead atoms. The molecule has 2 rings (SSSR count). The van der Waals surface area contributed by atoms with E-state index in [2.05, 4.69) is 34.0 Å². The number of thiophene rings is 1. The molecule has 25 heavy (non-hydrogen) atoms. The zero-order valence-electron chi connectivity index (χ0n) is 15.1. The molecule has 1 aliphatic heterocycles. The van der Waals surface area contributed by atoms with Crippen molar-refractivity contribution < 1.29 is 8.42 Å². The average molecular weight is 500 g/mol. The van der Waals surface area contributed by atoms with Gasteiger partial charge in [0.25, 0.3) is 0 Å². The summed E-state index contributed by atoms with van der Waals surface area (Å²) in [6.45, 7) is 5.70. The van der Waals surface area contributed by atoms with E-state index in [9.17, 15) is 8.42 Å². The first-order chi connectivity index (χ1) is 11.4. The highest BCUT2D eigenvalue weighted by Gasteiger charge is 2.24. The van der Waals surface area contributed by atoms with Crippen molar-refractivity contribution in [2.24, 2.45) is 10.9 Å². The molecule has 144 valence electrons. The van der Waals surface area contributed by atoms with Gasteiger partial charge in [-0.05, 0) is 48.1 Å². The summed E-state index contributed by atoms with van der Waals surface area (Å²) in [5.74, 6) is 1.36. The fourth-order valence-electron chi connectivity index (χ4n) is 2.84. The Labute approximate surface area is 172 Å². The maximum Gasteiger partial charge on any atom is 0.211 e. The van der Waals surface area contributed by atoms with E-state index in [1.54, 1.807) is 15.6 Å². The van der Waals surface area contributed by atoms with Gasteiger partial charge in [-0.1, -0.05) is 0 Å². The minimum atomic E-state index is -3.05. The molecule has 2 heterocycles. The Morgan fingerprint density at radius 3 is 2.64 bits per heavy atom. The number of halogens is 1. The Bertz CT molecular complexity index is 627. The second kappa shape index (κ2) is 10.7. The molecule has 1 aromatic rings. The van der Waals surface area contributed by atoms with Crippen LogP contribution in [-0.4, -0.2) is 63.1 Å². The van der Waals surface area contributed by atoms with Crippen molar-refractivity contribution in [3.05, 3.63) is 22.4 Å². The molecule has 1 saturated heterocycles. The standard InChI is InChI=1S/C16H28N4O2S2.HI/c1-4-17-16(19(2)12-15-7-10-23-13-15)18-11-14-5-8-20(9-6-14)24(3,21)22;/h7,10,13-14H,4-6,8-9,11-12H2,1-3H3,(H,17,18);1H. The molecule has 0 spiro atoms. The molecule has 0 unspecified atom stereocenters. The van der Waals surface area contributed by atoms with Gasteiger partial charge >= 0.3 is 0 Å². The van der Waals surface area contributed by atoms with Crippen molar-refractivity contribution >= 4 is 51.3 Å². The van der Waals surface area contributed by atoms with Crippen molar-refractivity contribution in [1.29, 1.82) is 0 Å². The van der Waals surface area contributed by atoms with E-state index in [1.807, 2.05) is 7.05 Å². The van der Waals surface area contributed by atoms with Gasteiger partial charge in [0, 0.05) is 39.8 Å². The van der Waals surface area contributed by atoms with Crippen LogP contribution in [0.25, 0.3) is 0 Å². The summed E-state index contributed by atoms with van der Waals surface area (Å²) in [5, 5.41) is 7.58. The molecule has 1 aliphatic rings. The molecule has 0 radical (unpaired) electrons. The first-order valence-corrected chi connectivity index (χ1v) is 11.1. The SMILES string of the molecule is CCNC(=NCC1CCN(S(C)(=O)=O)CC1)N(C)Cc1ccsc1.I. The molecule has 1 fully saturated rings. The molecule has 1 aromatic heterocycles. The van der Waals surface area contributed by atoms with Gasteiger partial charge in [0.2, 0.25) is 10.0 Å². The zero-order chi connectivity index (χ0) is 17.6. The van der Waals surface area contributed by atoms with E-state index in [0.29, 0.717) is 19.0 Å². The predicted molar refractivity (Wildman–Crippen MR) is 116 cm³/mol. The lowest BCUT2D eigenvalue weighted by Crippen LogP contribution is -2.40. The number of nitrogens with zero attached hydrogens (tertiary/aromatic N) is 3. The molecule has 9 heteroatoms. The first-order valence-electron chi connectivity index (χ1n) is 8.35. The van der Waals surface area contributed by atoms with Gasteiger partial charge in [-0.3, -0.25) is 4.99 Å². The van der Waals surface area contributed by atoms with Crippen molar-refractivity contribution in [3.63, 3.8) is 0 Å². The fourth-order valence-corrected chi connectivity index (χ4v) is 4.37. The number of guanidine groups is 1. The molecular weight excluding hydrogens is 471 g/mol. The highest BCUT2D eigenvalue weighted by molar-refractivity contribution is 14.0. The van der Waals surface area contributed by atoms with E-state index in [0.717, 1.165) is 38.4 Å². The number of aliphatic imine (C=N–C) groups is 1. The highest BCUT2D eigenvalue weighted by Crippen LogP contribution is 2.19. The van der Waals surface area contributed by atoms with E-state index in [1.165, 1.54) is 11.8 Å². The Balaban J connectivity index is 0.00000312. The summed E-state index contributed by atoms with van der Waals surface area (Å²) in [5.41, 5.74) is 1.29. The van der Waals surface area contributed by atoms with Gasteiger partial charge in [0.05, 0.1) is 6.26 Å². The second-order valence-corrected chi connectivity index (χ2v) is 9.05. The average Bonchev–Trinajstić information content (AvgIpc) is 3.03. The third-order valence-corrected chi connectivity index (χ3v) is 6.27. The summed E-state index contributed by atoms with van der Waals surface area (Å²) in [6, 6.07) is 2.13. The zero-order valence-corrected chi connectivity index (χ0v) is 19.1. The third-order valence-electron chi connectivity index (χ3n) is 4.24. The van der Waals surface area contributed by atoms with Gasteiger partial charge in [-0.15, -0.1) is 24.0 Å². The Hall–Kier alpha value is -0.390. The summed E-state index contributed by atoms with van der Waals surface area (Å²) < 4.78 is 24.7. The largest absolute Gasteiger partial charge is 0.357 e. The lowest BCUT2D eigenvalue weighted by atomic mass is 9.98. The van der Waals surface area contributed by atoms with Gasteiger partial charge in [0.1, 0.15) is 0 Å². The number of hydrogen-bond donors (Lipinski definition) is 1. The minimum absolute atomic E-state index is 0. The molecule has 0 saturated carbocycles. The summed E-state index contributed by atoms with van der Waals surface area (Å²) in [6.07, 6.45) is 3.04. The summed E-state index contributed by atoms with van der Waals surface area (Å²) >= 11 is 1.70. The van der Waals surface area contributed by atoms with Crippen LogP contribution in [0.3, 0.4) is 0 Å². The monoisotopic (exact) mass is 500 g/mol. The van der Waals surface area contributed by atoms with Crippen LogP contribution in [0.1, 0.15) is 25.3 Å². The van der Waals surface area contributed by atoms with Gasteiger partial charge in [0.15, 0.2) is 5.96 Å². The molecule has 0 atom stereocenters. The van der Waals surface area contributed by atoms with Crippen LogP contribution in [0.15, 0.2) is 21.8 Å². The van der Waals surface area contributed by atoms with Gasteiger partial charge in [-0.25, -0.2) is 12.7 Å². The normalized spacial score (nSPS) is 17.2. The smallest absolute Gasteiger partial charge is 0.211 e. The molecule has 0 amide bonds. The van der Waals surface area contributed by atoms with Crippen molar-refractivity contribution in [3.8, 4) is 0 Å². The van der Waals surface area contributed by atoms with Crippen LogP contribution >= 0.6 is 35.3 Å².